The molecule has 4 heteroatoms. The molecule has 0 aromatic carbocycles. The van der Waals surface area contributed by atoms with E-state index in [0.717, 1.165) is 0 Å². The maximum absolute atomic E-state index is 11.0. The van der Waals surface area contributed by atoms with Crippen molar-refractivity contribution in [2.45, 2.75) is 18.9 Å². The SMILES string of the molecule is CCC(=O)N1CC(N)(CO)C1. The lowest BCUT2D eigenvalue weighted by molar-refractivity contribution is -0.139. The molecule has 0 saturated carbocycles. The van der Waals surface area contributed by atoms with Crippen LogP contribution >= 0.6 is 0 Å². The van der Waals surface area contributed by atoms with Crippen LogP contribution in [0.2, 0.25) is 0 Å². The first-order valence-electron chi connectivity index (χ1n) is 3.79. The highest BCUT2D eigenvalue weighted by atomic mass is 16.3. The molecule has 4 nitrogen and oxygen atoms in total. The zero-order valence-electron chi connectivity index (χ0n) is 6.71. The Bertz CT molecular complexity index is 164. The second-order valence-corrected chi connectivity index (χ2v) is 3.12. The summed E-state index contributed by atoms with van der Waals surface area (Å²) in [6.07, 6.45) is 0.515. The molecule has 64 valence electrons. The molecule has 1 aliphatic rings. The van der Waals surface area contributed by atoms with Crippen LogP contribution in [-0.4, -0.2) is 41.1 Å². The third-order valence-electron chi connectivity index (χ3n) is 1.98. The van der Waals surface area contributed by atoms with Crippen molar-refractivity contribution in [2.75, 3.05) is 19.7 Å². The third-order valence-corrected chi connectivity index (χ3v) is 1.98. The Kier molecular flexibility index (Phi) is 2.15. The van der Waals surface area contributed by atoms with Gasteiger partial charge in [-0.3, -0.25) is 4.79 Å². The number of nitrogens with two attached hydrogens (primary N) is 1. The summed E-state index contributed by atoms with van der Waals surface area (Å²) in [4.78, 5) is 12.6. The van der Waals surface area contributed by atoms with Crippen molar-refractivity contribution in [3.63, 3.8) is 0 Å². The summed E-state index contributed by atoms with van der Waals surface area (Å²) in [5, 5.41) is 8.75. The molecule has 1 amide bonds. The molecule has 3 N–H and O–H groups in total. The molecule has 1 saturated heterocycles. The highest BCUT2D eigenvalue weighted by Gasteiger charge is 2.40. The van der Waals surface area contributed by atoms with E-state index in [0.29, 0.717) is 19.5 Å². The number of likely N-dealkylation sites (tertiary alicyclic amines) is 1. The molecule has 11 heavy (non-hydrogen) atoms. The Morgan fingerprint density at radius 3 is 2.64 bits per heavy atom. The number of hydrogen-bond acceptors (Lipinski definition) is 3. The molecule has 0 spiro atoms. The topological polar surface area (TPSA) is 66.6 Å². The Morgan fingerprint density at radius 1 is 1.73 bits per heavy atom. The maximum atomic E-state index is 11.0. The standard InChI is InChI=1S/C7H14N2O2/c1-2-6(11)9-3-7(8,4-9)5-10/h10H,2-5,8H2,1H3. The van der Waals surface area contributed by atoms with Crippen molar-refractivity contribution in [1.29, 1.82) is 0 Å². The summed E-state index contributed by atoms with van der Waals surface area (Å²) < 4.78 is 0. The number of amides is 1. The quantitative estimate of drug-likeness (QED) is 0.537. The Morgan fingerprint density at radius 2 is 2.27 bits per heavy atom. The van der Waals surface area contributed by atoms with E-state index in [4.69, 9.17) is 10.8 Å². The van der Waals surface area contributed by atoms with Crippen LogP contribution in [0.5, 0.6) is 0 Å². The average Bonchev–Trinajstić information content (AvgIpc) is 1.97. The fraction of sp³-hybridized carbons (Fsp3) is 0.857. The molecule has 0 radical (unpaired) electrons. The van der Waals surface area contributed by atoms with E-state index in [9.17, 15) is 4.79 Å². The summed E-state index contributed by atoms with van der Waals surface area (Å²) in [6.45, 7) is 2.77. The second kappa shape index (κ2) is 2.79. The number of aliphatic hydroxyl groups is 1. The second-order valence-electron chi connectivity index (χ2n) is 3.12. The van der Waals surface area contributed by atoms with Crippen molar-refractivity contribution in [1.82, 2.24) is 4.90 Å². The summed E-state index contributed by atoms with van der Waals surface area (Å²) in [7, 11) is 0. The number of rotatable bonds is 2. The molecule has 0 aromatic rings. The van der Waals surface area contributed by atoms with Gasteiger partial charge in [0.05, 0.1) is 12.1 Å². The molecule has 1 rings (SSSR count). The number of aliphatic hydroxyl groups excluding tert-OH is 1. The highest BCUT2D eigenvalue weighted by molar-refractivity contribution is 5.77. The van der Waals surface area contributed by atoms with Crippen molar-refractivity contribution in [2.24, 2.45) is 5.73 Å². The van der Waals surface area contributed by atoms with E-state index >= 15 is 0 Å². The first-order chi connectivity index (χ1) is 5.11. The van der Waals surface area contributed by atoms with Crippen LogP contribution in [0, 0.1) is 0 Å². The third kappa shape index (κ3) is 1.52. The van der Waals surface area contributed by atoms with Gasteiger partial charge in [0.1, 0.15) is 0 Å². The Labute approximate surface area is 66.0 Å². The molecular formula is C7H14N2O2. The van der Waals surface area contributed by atoms with Gasteiger partial charge in [0.2, 0.25) is 5.91 Å². The minimum Gasteiger partial charge on any atom is -0.394 e. The lowest BCUT2D eigenvalue weighted by atomic mass is 9.92. The molecule has 0 atom stereocenters. The molecule has 1 fully saturated rings. The summed E-state index contributed by atoms with van der Waals surface area (Å²) in [5.74, 6) is 0.111. The fourth-order valence-corrected chi connectivity index (χ4v) is 1.21. The summed E-state index contributed by atoms with van der Waals surface area (Å²) >= 11 is 0. The van der Waals surface area contributed by atoms with Crippen LogP contribution in [0.3, 0.4) is 0 Å². The predicted molar refractivity (Wildman–Crippen MR) is 40.9 cm³/mol. The maximum Gasteiger partial charge on any atom is 0.222 e. The number of hydrogen-bond donors (Lipinski definition) is 2. The lowest BCUT2D eigenvalue weighted by Crippen LogP contribution is -2.70. The van der Waals surface area contributed by atoms with Crippen molar-refractivity contribution in [3.8, 4) is 0 Å². The van der Waals surface area contributed by atoms with Crippen LogP contribution < -0.4 is 5.73 Å². The number of nitrogens with zero attached hydrogens (tertiary/aromatic N) is 1. The molecule has 0 unspecified atom stereocenters. The van der Waals surface area contributed by atoms with Gasteiger partial charge in [-0.25, -0.2) is 0 Å². The van der Waals surface area contributed by atoms with E-state index in [-0.39, 0.29) is 12.5 Å². The van der Waals surface area contributed by atoms with Gasteiger partial charge in [-0.15, -0.1) is 0 Å². The van der Waals surface area contributed by atoms with Crippen molar-refractivity contribution < 1.29 is 9.90 Å². The zero-order valence-corrected chi connectivity index (χ0v) is 6.71. The predicted octanol–water partition coefficient (Wildman–Crippen LogP) is -1.07. The highest BCUT2D eigenvalue weighted by Crippen LogP contribution is 2.17. The monoisotopic (exact) mass is 158 g/mol. The van der Waals surface area contributed by atoms with Gasteiger partial charge in [-0.1, -0.05) is 6.92 Å². The van der Waals surface area contributed by atoms with Crippen LogP contribution in [0.4, 0.5) is 0 Å². The summed E-state index contributed by atoms with van der Waals surface area (Å²) in [6, 6.07) is 0. The fourth-order valence-electron chi connectivity index (χ4n) is 1.21. The lowest BCUT2D eigenvalue weighted by Gasteiger charge is -2.46. The van der Waals surface area contributed by atoms with Crippen LogP contribution in [0.15, 0.2) is 0 Å². The first kappa shape index (κ1) is 8.49. The number of carbonyl (C=O) groups is 1. The van der Waals surface area contributed by atoms with E-state index in [1.165, 1.54) is 0 Å². The van der Waals surface area contributed by atoms with Crippen LogP contribution in [0.1, 0.15) is 13.3 Å². The molecule has 0 aromatic heterocycles. The van der Waals surface area contributed by atoms with Gasteiger partial charge < -0.3 is 15.7 Å². The van der Waals surface area contributed by atoms with Gasteiger partial charge in [-0.05, 0) is 0 Å². The van der Waals surface area contributed by atoms with Crippen molar-refractivity contribution in [3.05, 3.63) is 0 Å². The molecule has 1 heterocycles. The van der Waals surface area contributed by atoms with E-state index in [1.54, 1.807) is 4.90 Å². The Hall–Kier alpha value is -0.610. The van der Waals surface area contributed by atoms with Gasteiger partial charge in [0.15, 0.2) is 0 Å². The average molecular weight is 158 g/mol. The first-order valence-corrected chi connectivity index (χ1v) is 3.79. The molecule has 0 bridgehead atoms. The zero-order chi connectivity index (χ0) is 8.48. The van der Waals surface area contributed by atoms with Gasteiger partial charge >= 0.3 is 0 Å². The largest absolute Gasteiger partial charge is 0.394 e. The molecular weight excluding hydrogens is 144 g/mol. The van der Waals surface area contributed by atoms with Gasteiger partial charge in [-0.2, -0.15) is 0 Å². The molecule has 0 aliphatic carbocycles. The van der Waals surface area contributed by atoms with Crippen LogP contribution in [0.25, 0.3) is 0 Å². The summed E-state index contributed by atoms with van der Waals surface area (Å²) in [5.41, 5.74) is 5.12. The van der Waals surface area contributed by atoms with Gasteiger partial charge in [0, 0.05) is 19.5 Å². The normalized spacial score (nSPS) is 21.2. The van der Waals surface area contributed by atoms with E-state index in [2.05, 4.69) is 0 Å². The minimum absolute atomic E-state index is 0.0412. The van der Waals surface area contributed by atoms with Crippen molar-refractivity contribution >= 4 is 5.91 Å². The van der Waals surface area contributed by atoms with Crippen LogP contribution in [-0.2, 0) is 4.79 Å². The van der Waals surface area contributed by atoms with E-state index in [1.807, 2.05) is 6.92 Å². The smallest absolute Gasteiger partial charge is 0.222 e. The number of carbonyl (C=O) groups excluding carboxylic acids is 1. The Balaban J connectivity index is 2.34. The van der Waals surface area contributed by atoms with E-state index < -0.39 is 5.54 Å². The molecule has 1 aliphatic heterocycles. The van der Waals surface area contributed by atoms with Gasteiger partial charge in [0.25, 0.3) is 0 Å². The minimum atomic E-state index is -0.523.